The lowest BCUT2D eigenvalue weighted by molar-refractivity contribution is -0.119. The van der Waals surface area contributed by atoms with E-state index in [9.17, 15) is 9.59 Å². The minimum Gasteiger partial charge on any atom is -0.326 e. The van der Waals surface area contributed by atoms with Crippen LogP contribution in [0.4, 0.5) is 17.1 Å². The van der Waals surface area contributed by atoms with Crippen LogP contribution in [0.1, 0.15) is 18.4 Å². The summed E-state index contributed by atoms with van der Waals surface area (Å²) in [7, 11) is 0. The van der Waals surface area contributed by atoms with Gasteiger partial charge in [0.15, 0.2) is 5.78 Å². The summed E-state index contributed by atoms with van der Waals surface area (Å²) in [5.74, 6) is 0.698. The van der Waals surface area contributed by atoms with Crippen molar-refractivity contribution in [2.24, 2.45) is 0 Å². The van der Waals surface area contributed by atoms with Gasteiger partial charge < -0.3 is 15.1 Å². The topological polar surface area (TPSA) is 52.7 Å². The van der Waals surface area contributed by atoms with Crippen LogP contribution in [0.15, 0.2) is 96.3 Å². The average Bonchev–Trinajstić information content (AvgIpc) is 3.11. The van der Waals surface area contributed by atoms with Gasteiger partial charge in [-0.15, -0.1) is 0 Å². The molecule has 0 spiro atoms. The number of nitrogens with zero attached hydrogens (tertiary/aromatic N) is 2. The average molecular weight is 409 g/mol. The number of Topliss-reactive ketones (excluding diaryl/α,β-unsaturated/α-hetero) is 1. The highest BCUT2D eigenvalue weighted by molar-refractivity contribution is 6.07. The molecule has 0 radical (unpaired) electrons. The lowest BCUT2D eigenvalue weighted by Gasteiger charge is -2.31. The molecule has 3 aromatic carbocycles. The zero-order chi connectivity index (χ0) is 21.2. The summed E-state index contributed by atoms with van der Waals surface area (Å²) in [6.07, 6.45) is 0.462. The van der Waals surface area contributed by atoms with Crippen LogP contribution in [-0.4, -0.2) is 18.2 Å². The van der Waals surface area contributed by atoms with Crippen LogP contribution in [0, 0.1) is 0 Å². The Balaban J connectivity index is 1.52. The third-order valence-electron chi connectivity index (χ3n) is 5.72. The molecule has 2 aliphatic rings. The quantitative estimate of drug-likeness (QED) is 0.662. The summed E-state index contributed by atoms with van der Waals surface area (Å²) in [5, 5.41) is 2.91. The predicted octanol–water partition coefficient (Wildman–Crippen LogP) is 4.73. The van der Waals surface area contributed by atoms with Gasteiger partial charge >= 0.3 is 0 Å². The first-order valence-corrected chi connectivity index (χ1v) is 10.5. The second-order valence-electron chi connectivity index (χ2n) is 7.78. The normalized spacial score (nSPS) is 15.0. The van der Waals surface area contributed by atoms with E-state index >= 15 is 0 Å². The fraction of sp³-hybridized carbons (Fsp3) is 0.154. The van der Waals surface area contributed by atoms with Gasteiger partial charge in [0.2, 0.25) is 5.91 Å². The van der Waals surface area contributed by atoms with Crippen molar-refractivity contribution in [3.63, 3.8) is 0 Å². The van der Waals surface area contributed by atoms with Crippen LogP contribution in [-0.2, 0) is 16.1 Å². The fourth-order valence-electron chi connectivity index (χ4n) is 4.33. The standard InChI is InChI=1S/C26H23N3O2/c30-24-15-16-28-22-13-7-8-14-23(22)29(18-19-9-3-1-4-10-19)26(28)21(24)17-25(31)27-20-11-5-2-6-12-20/h1-14H,15-18H2,(H,27,31). The number of fused-ring (bicyclic) bond motifs is 3. The van der Waals surface area contributed by atoms with Crippen molar-refractivity contribution in [3.05, 3.63) is 102 Å². The number of hydrogen-bond donors (Lipinski definition) is 1. The molecule has 0 fully saturated rings. The van der Waals surface area contributed by atoms with Crippen molar-refractivity contribution in [2.45, 2.75) is 19.4 Å². The largest absolute Gasteiger partial charge is 0.326 e. The molecule has 0 aromatic heterocycles. The Labute approximate surface area is 181 Å². The molecule has 5 nitrogen and oxygen atoms in total. The number of rotatable bonds is 5. The van der Waals surface area contributed by atoms with Gasteiger partial charge in [0.1, 0.15) is 5.82 Å². The number of carbonyl (C=O) groups excluding carboxylic acids is 2. The van der Waals surface area contributed by atoms with Crippen molar-refractivity contribution in [2.75, 3.05) is 21.7 Å². The highest BCUT2D eigenvalue weighted by Crippen LogP contribution is 2.45. The lowest BCUT2D eigenvalue weighted by atomic mass is 10.00. The first kappa shape index (κ1) is 19.1. The number of benzene rings is 3. The van der Waals surface area contributed by atoms with Gasteiger partial charge in [-0.1, -0.05) is 60.7 Å². The summed E-state index contributed by atoms with van der Waals surface area (Å²) in [4.78, 5) is 30.2. The molecule has 0 saturated heterocycles. The number of anilines is 3. The highest BCUT2D eigenvalue weighted by atomic mass is 16.2. The van der Waals surface area contributed by atoms with E-state index in [1.807, 2.05) is 60.7 Å². The molecule has 31 heavy (non-hydrogen) atoms. The van der Waals surface area contributed by atoms with Crippen molar-refractivity contribution < 1.29 is 9.59 Å². The number of hydrogen-bond acceptors (Lipinski definition) is 4. The molecular formula is C26H23N3O2. The zero-order valence-electron chi connectivity index (χ0n) is 17.1. The zero-order valence-corrected chi connectivity index (χ0v) is 17.1. The molecule has 0 saturated carbocycles. The van der Waals surface area contributed by atoms with E-state index in [1.54, 1.807) is 0 Å². The molecule has 5 rings (SSSR count). The minimum absolute atomic E-state index is 0.0420. The van der Waals surface area contributed by atoms with E-state index in [2.05, 4.69) is 39.4 Å². The van der Waals surface area contributed by atoms with Crippen molar-refractivity contribution in [3.8, 4) is 0 Å². The van der Waals surface area contributed by atoms with Crippen molar-refractivity contribution >= 4 is 28.8 Å². The van der Waals surface area contributed by atoms with Gasteiger partial charge in [-0.05, 0) is 29.8 Å². The lowest BCUT2D eigenvalue weighted by Crippen LogP contribution is -2.37. The number of amides is 1. The Kier molecular flexibility index (Phi) is 5.00. The molecule has 2 heterocycles. The molecule has 0 bridgehead atoms. The molecule has 1 amide bonds. The van der Waals surface area contributed by atoms with Gasteiger partial charge in [-0.3, -0.25) is 9.59 Å². The maximum atomic E-state index is 13.0. The van der Waals surface area contributed by atoms with E-state index in [4.69, 9.17) is 0 Å². The van der Waals surface area contributed by atoms with E-state index in [0.29, 0.717) is 25.1 Å². The van der Waals surface area contributed by atoms with Gasteiger partial charge in [0, 0.05) is 30.8 Å². The Morgan fingerprint density at radius 2 is 1.48 bits per heavy atom. The summed E-state index contributed by atoms with van der Waals surface area (Å²) in [5.41, 5.74) is 4.61. The molecule has 3 aromatic rings. The molecule has 0 atom stereocenters. The van der Waals surface area contributed by atoms with E-state index in [0.717, 1.165) is 28.4 Å². The fourth-order valence-corrected chi connectivity index (χ4v) is 4.33. The Hall–Kier alpha value is -3.86. The maximum Gasteiger partial charge on any atom is 0.229 e. The highest BCUT2D eigenvalue weighted by Gasteiger charge is 2.38. The van der Waals surface area contributed by atoms with Crippen LogP contribution in [0.5, 0.6) is 0 Å². The van der Waals surface area contributed by atoms with Crippen LogP contribution in [0.3, 0.4) is 0 Å². The molecule has 1 N–H and O–H groups in total. The first-order chi connectivity index (χ1) is 15.2. The molecule has 154 valence electrons. The third kappa shape index (κ3) is 3.70. The molecule has 0 aliphatic carbocycles. The van der Waals surface area contributed by atoms with Gasteiger partial charge in [0.25, 0.3) is 0 Å². The molecule has 2 aliphatic heterocycles. The van der Waals surface area contributed by atoms with E-state index < -0.39 is 0 Å². The first-order valence-electron chi connectivity index (χ1n) is 10.5. The van der Waals surface area contributed by atoms with Gasteiger partial charge in [-0.2, -0.15) is 0 Å². The number of carbonyl (C=O) groups is 2. The number of ketones is 1. The summed E-state index contributed by atoms with van der Waals surface area (Å²) in [6, 6.07) is 27.7. The Morgan fingerprint density at radius 1 is 0.839 bits per heavy atom. The molecule has 5 heteroatoms. The predicted molar refractivity (Wildman–Crippen MR) is 123 cm³/mol. The second kappa shape index (κ2) is 8.11. The third-order valence-corrected chi connectivity index (χ3v) is 5.72. The minimum atomic E-state index is -0.181. The van der Waals surface area contributed by atoms with E-state index in [-0.39, 0.29) is 18.1 Å². The SMILES string of the molecule is O=C(CC1=C2N(CCC1=O)c1ccccc1N2Cc1ccccc1)Nc1ccccc1. The van der Waals surface area contributed by atoms with Crippen LogP contribution >= 0.6 is 0 Å². The summed E-state index contributed by atoms with van der Waals surface area (Å²) in [6.45, 7) is 1.26. The number of para-hydroxylation sites is 3. The number of nitrogens with one attached hydrogen (secondary N) is 1. The Morgan fingerprint density at radius 3 is 2.23 bits per heavy atom. The van der Waals surface area contributed by atoms with Crippen LogP contribution in [0.25, 0.3) is 0 Å². The van der Waals surface area contributed by atoms with Gasteiger partial charge in [-0.25, -0.2) is 0 Å². The second-order valence-corrected chi connectivity index (χ2v) is 7.78. The smallest absolute Gasteiger partial charge is 0.229 e. The maximum absolute atomic E-state index is 13.0. The summed E-state index contributed by atoms with van der Waals surface area (Å²) >= 11 is 0. The van der Waals surface area contributed by atoms with Crippen LogP contribution in [0.2, 0.25) is 0 Å². The summed E-state index contributed by atoms with van der Waals surface area (Å²) < 4.78 is 0. The van der Waals surface area contributed by atoms with Gasteiger partial charge in [0.05, 0.1) is 17.8 Å². The van der Waals surface area contributed by atoms with Crippen LogP contribution < -0.4 is 15.1 Å². The molecular weight excluding hydrogens is 386 g/mol. The molecule has 0 unspecified atom stereocenters. The van der Waals surface area contributed by atoms with Crippen molar-refractivity contribution in [1.29, 1.82) is 0 Å². The van der Waals surface area contributed by atoms with Crippen molar-refractivity contribution in [1.82, 2.24) is 0 Å². The van der Waals surface area contributed by atoms with E-state index in [1.165, 1.54) is 0 Å². The monoisotopic (exact) mass is 409 g/mol. The Bertz CT molecular complexity index is 1160.